The van der Waals surface area contributed by atoms with E-state index in [9.17, 15) is 9.59 Å². The molecule has 1 aromatic carbocycles. The number of rotatable bonds is 10. The molecule has 0 spiro atoms. The first-order chi connectivity index (χ1) is 14.0. The van der Waals surface area contributed by atoms with Crippen LogP contribution in [0.4, 0.5) is 0 Å². The van der Waals surface area contributed by atoms with Gasteiger partial charge in [0.2, 0.25) is 5.75 Å². The molecule has 1 fully saturated rings. The maximum atomic E-state index is 12.5. The number of carbonyl (C=O) groups excluding carboxylic acids is 2. The largest absolute Gasteiger partial charge is 0.490 e. The van der Waals surface area contributed by atoms with Crippen molar-refractivity contribution in [3.8, 4) is 17.2 Å². The highest BCUT2D eigenvalue weighted by molar-refractivity contribution is 5.92. The third-order valence-corrected chi connectivity index (χ3v) is 4.94. The molecule has 1 aromatic rings. The summed E-state index contributed by atoms with van der Waals surface area (Å²) < 4.78 is 22.1. The molecular weight excluding hydrogens is 374 g/mol. The van der Waals surface area contributed by atoms with Crippen molar-refractivity contribution in [2.24, 2.45) is 5.92 Å². The van der Waals surface area contributed by atoms with Gasteiger partial charge in [0, 0.05) is 6.04 Å². The van der Waals surface area contributed by atoms with Gasteiger partial charge in [-0.1, -0.05) is 19.8 Å². The van der Waals surface area contributed by atoms with Crippen LogP contribution in [-0.4, -0.2) is 44.3 Å². The minimum atomic E-state index is -0.609. The van der Waals surface area contributed by atoms with E-state index < -0.39 is 5.97 Å². The van der Waals surface area contributed by atoms with Gasteiger partial charge >= 0.3 is 5.97 Å². The van der Waals surface area contributed by atoms with Gasteiger partial charge in [-0.3, -0.25) is 4.79 Å². The number of amides is 1. The molecule has 2 rings (SSSR count). The highest BCUT2D eigenvalue weighted by atomic mass is 16.5. The van der Waals surface area contributed by atoms with Crippen LogP contribution in [0.25, 0.3) is 0 Å². The van der Waals surface area contributed by atoms with Gasteiger partial charge < -0.3 is 24.3 Å². The number of ether oxygens (including phenoxy) is 4. The molecule has 0 aliphatic heterocycles. The molecule has 0 aromatic heterocycles. The number of carbonyl (C=O) groups is 2. The summed E-state index contributed by atoms with van der Waals surface area (Å²) >= 11 is 0. The Kier molecular flexibility index (Phi) is 9.09. The van der Waals surface area contributed by atoms with E-state index in [4.69, 9.17) is 18.9 Å². The summed E-state index contributed by atoms with van der Waals surface area (Å²) in [7, 11) is 0. The Hall–Kier alpha value is -2.44. The third-order valence-electron chi connectivity index (χ3n) is 4.94. The Bertz CT molecular complexity index is 663. The topological polar surface area (TPSA) is 83.1 Å². The fraction of sp³-hybridized carbons (Fsp3) is 0.636. The number of esters is 1. The number of hydrogen-bond donors (Lipinski definition) is 1. The van der Waals surface area contributed by atoms with E-state index in [-0.39, 0.29) is 24.1 Å². The van der Waals surface area contributed by atoms with E-state index in [2.05, 4.69) is 12.2 Å². The number of nitrogens with one attached hydrogen (secondary N) is 1. The highest BCUT2D eigenvalue weighted by Crippen LogP contribution is 2.39. The third kappa shape index (κ3) is 6.54. The Morgan fingerprint density at radius 3 is 2.10 bits per heavy atom. The maximum absolute atomic E-state index is 12.5. The summed E-state index contributed by atoms with van der Waals surface area (Å²) in [6.45, 7) is 8.63. The van der Waals surface area contributed by atoms with E-state index in [1.165, 1.54) is 6.42 Å². The first-order valence-electron chi connectivity index (χ1n) is 10.5. The van der Waals surface area contributed by atoms with Crippen molar-refractivity contribution < 1.29 is 28.5 Å². The van der Waals surface area contributed by atoms with Gasteiger partial charge in [0.15, 0.2) is 18.1 Å². The average Bonchev–Trinajstić information content (AvgIpc) is 2.70. The van der Waals surface area contributed by atoms with Crippen LogP contribution in [0.1, 0.15) is 63.7 Å². The Morgan fingerprint density at radius 2 is 1.55 bits per heavy atom. The fourth-order valence-corrected chi connectivity index (χ4v) is 3.50. The van der Waals surface area contributed by atoms with E-state index in [0.29, 0.717) is 43.0 Å². The van der Waals surface area contributed by atoms with Crippen LogP contribution in [0.3, 0.4) is 0 Å². The molecule has 1 amide bonds. The number of benzene rings is 1. The zero-order chi connectivity index (χ0) is 21.2. The predicted octanol–water partition coefficient (Wildman–Crippen LogP) is 3.73. The molecule has 0 heterocycles. The van der Waals surface area contributed by atoms with Crippen LogP contribution in [0, 0.1) is 5.92 Å². The summed E-state index contributed by atoms with van der Waals surface area (Å²) in [5.74, 6) is 0.828. The predicted molar refractivity (Wildman–Crippen MR) is 110 cm³/mol. The van der Waals surface area contributed by atoms with E-state index in [1.807, 2.05) is 20.8 Å². The first kappa shape index (κ1) is 22.8. The van der Waals surface area contributed by atoms with E-state index >= 15 is 0 Å². The summed E-state index contributed by atoms with van der Waals surface area (Å²) in [5, 5.41) is 2.98. The molecule has 7 heteroatoms. The number of hydrogen-bond acceptors (Lipinski definition) is 6. The fourth-order valence-electron chi connectivity index (χ4n) is 3.50. The van der Waals surface area contributed by atoms with Crippen molar-refractivity contribution in [3.63, 3.8) is 0 Å². The van der Waals surface area contributed by atoms with E-state index in [0.717, 1.165) is 19.3 Å². The molecule has 0 saturated heterocycles. The SMILES string of the molecule is CCOc1cc(C(=O)OCC(=O)N[C@@H]2CCCC[C@@H]2C)cc(OCC)c1OCC. The van der Waals surface area contributed by atoms with Crippen LogP contribution >= 0.6 is 0 Å². The van der Waals surface area contributed by atoms with Crippen LogP contribution in [0.15, 0.2) is 12.1 Å². The van der Waals surface area contributed by atoms with Crippen LogP contribution in [0.2, 0.25) is 0 Å². The standard InChI is InChI=1S/C22H33NO6/c1-5-26-18-12-16(13-19(27-6-2)21(18)28-7-3)22(25)29-14-20(24)23-17-11-9-8-10-15(17)4/h12-13,15,17H,5-11,14H2,1-4H3,(H,23,24)/t15-,17+/m0/s1. The summed E-state index contributed by atoms with van der Waals surface area (Å²) in [5.41, 5.74) is 0.249. The average molecular weight is 408 g/mol. The normalized spacial score (nSPS) is 18.6. The van der Waals surface area contributed by atoms with Crippen LogP contribution in [-0.2, 0) is 9.53 Å². The minimum absolute atomic E-state index is 0.148. The molecule has 7 nitrogen and oxygen atoms in total. The molecule has 1 aliphatic rings. The van der Waals surface area contributed by atoms with Gasteiger partial charge in [0.1, 0.15) is 0 Å². The Balaban J connectivity index is 2.05. The van der Waals surface area contributed by atoms with Crippen molar-refractivity contribution in [1.29, 1.82) is 0 Å². The molecule has 1 saturated carbocycles. The summed E-state index contributed by atoms with van der Waals surface area (Å²) in [4.78, 5) is 24.7. The van der Waals surface area contributed by atoms with Crippen LogP contribution in [0.5, 0.6) is 17.2 Å². The second-order valence-electron chi connectivity index (χ2n) is 7.11. The molecule has 0 bridgehead atoms. The van der Waals surface area contributed by atoms with Gasteiger partial charge in [0.25, 0.3) is 5.91 Å². The first-order valence-corrected chi connectivity index (χ1v) is 10.5. The minimum Gasteiger partial charge on any atom is -0.490 e. The van der Waals surface area contributed by atoms with Crippen LogP contribution < -0.4 is 19.5 Å². The van der Waals surface area contributed by atoms with Crippen molar-refractivity contribution >= 4 is 11.9 Å². The maximum Gasteiger partial charge on any atom is 0.338 e. The summed E-state index contributed by atoms with van der Waals surface area (Å²) in [6.07, 6.45) is 4.39. The van der Waals surface area contributed by atoms with Crippen molar-refractivity contribution in [3.05, 3.63) is 17.7 Å². The molecular formula is C22H33NO6. The van der Waals surface area contributed by atoms with Crippen molar-refractivity contribution in [2.45, 2.75) is 59.4 Å². The zero-order valence-corrected chi connectivity index (χ0v) is 17.9. The molecule has 0 unspecified atom stereocenters. The second kappa shape index (κ2) is 11.5. The smallest absolute Gasteiger partial charge is 0.338 e. The van der Waals surface area contributed by atoms with Gasteiger partial charge in [-0.25, -0.2) is 4.79 Å². The molecule has 2 atom stereocenters. The quantitative estimate of drug-likeness (QED) is 0.595. The Morgan fingerprint density at radius 1 is 0.966 bits per heavy atom. The lowest BCUT2D eigenvalue weighted by Gasteiger charge is -2.29. The second-order valence-corrected chi connectivity index (χ2v) is 7.11. The molecule has 1 N–H and O–H groups in total. The molecule has 29 heavy (non-hydrogen) atoms. The Labute approximate surface area is 173 Å². The summed E-state index contributed by atoms with van der Waals surface area (Å²) in [6, 6.07) is 3.26. The lowest BCUT2D eigenvalue weighted by molar-refractivity contribution is -0.125. The van der Waals surface area contributed by atoms with E-state index in [1.54, 1.807) is 12.1 Å². The molecule has 162 valence electrons. The highest BCUT2D eigenvalue weighted by Gasteiger charge is 2.24. The van der Waals surface area contributed by atoms with Gasteiger partial charge in [-0.15, -0.1) is 0 Å². The zero-order valence-electron chi connectivity index (χ0n) is 17.9. The van der Waals surface area contributed by atoms with Crippen molar-refractivity contribution in [1.82, 2.24) is 5.32 Å². The molecule has 1 aliphatic carbocycles. The molecule has 0 radical (unpaired) electrons. The lowest BCUT2D eigenvalue weighted by Crippen LogP contribution is -2.42. The van der Waals surface area contributed by atoms with Gasteiger partial charge in [-0.2, -0.15) is 0 Å². The van der Waals surface area contributed by atoms with Gasteiger partial charge in [-0.05, 0) is 51.7 Å². The monoisotopic (exact) mass is 407 g/mol. The van der Waals surface area contributed by atoms with Gasteiger partial charge in [0.05, 0.1) is 25.4 Å². The lowest BCUT2D eigenvalue weighted by atomic mass is 9.86. The van der Waals surface area contributed by atoms with Crippen molar-refractivity contribution in [2.75, 3.05) is 26.4 Å².